The monoisotopic (exact) mass is 326 g/mol. The normalized spacial score (nSPS) is 31.0. The molecule has 1 aliphatic rings. The van der Waals surface area contributed by atoms with E-state index in [1.54, 1.807) is 12.1 Å². The highest BCUT2D eigenvalue weighted by Gasteiger charge is 2.43. The lowest BCUT2D eigenvalue weighted by molar-refractivity contribution is -0.286. The SMILES string of the molecule is CCc1ccc(C(=O)OC[C@H]2OC(O)[C@H](O)[C@@H](O)[C@H]2O)cc1C. The van der Waals surface area contributed by atoms with Crippen molar-refractivity contribution in [3.63, 3.8) is 0 Å². The molecule has 2 rings (SSSR count). The molecule has 1 unspecified atom stereocenters. The van der Waals surface area contributed by atoms with Crippen molar-refractivity contribution in [1.82, 2.24) is 0 Å². The van der Waals surface area contributed by atoms with Crippen molar-refractivity contribution in [2.24, 2.45) is 0 Å². The van der Waals surface area contributed by atoms with Gasteiger partial charge in [0, 0.05) is 0 Å². The summed E-state index contributed by atoms with van der Waals surface area (Å²) >= 11 is 0. The highest BCUT2D eigenvalue weighted by Crippen LogP contribution is 2.20. The predicted octanol–water partition coefficient (Wildman–Crippen LogP) is -0.486. The van der Waals surface area contributed by atoms with Gasteiger partial charge in [0.25, 0.3) is 0 Å². The number of esters is 1. The van der Waals surface area contributed by atoms with Gasteiger partial charge in [0.05, 0.1) is 5.56 Å². The molecule has 0 amide bonds. The first kappa shape index (κ1) is 17.8. The fourth-order valence-corrected chi connectivity index (χ4v) is 2.53. The summed E-state index contributed by atoms with van der Waals surface area (Å²) in [5.74, 6) is -0.596. The van der Waals surface area contributed by atoms with Crippen molar-refractivity contribution >= 4 is 5.97 Å². The Bertz CT molecular complexity index is 559. The third-order valence-electron chi connectivity index (χ3n) is 4.03. The molecule has 7 heteroatoms. The minimum absolute atomic E-state index is 0.352. The minimum Gasteiger partial charge on any atom is -0.459 e. The average Bonchev–Trinajstić information content (AvgIpc) is 2.54. The van der Waals surface area contributed by atoms with Gasteiger partial charge in [0.2, 0.25) is 0 Å². The van der Waals surface area contributed by atoms with Crippen LogP contribution in [0.25, 0.3) is 0 Å². The quantitative estimate of drug-likeness (QED) is 0.552. The molecule has 23 heavy (non-hydrogen) atoms. The third-order valence-corrected chi connectivity index (χ3v) is 4.03. The van der Waals surface area contributed by atoms with E-state index in [2.05, 4.69) is 0 Å². The first-order chi connectivity index (χ1) is 10.8. The van der Waals surface area contributed by atoms with E-state index in [4.69, 9.17) is 9.47 Å². The number of aryl methyl sites for hydroxylation is 2. The van der Waals surface area contributed by atoms with Gasteiger partial charge in [-0.1, -0.05) is 13.0 Å². The summed E-state index contributed by atoms with van der Waals surface area (Å²) in [6.07, 6.45) is -6.56. The second-order valence-electron chi connectivity index (χ2n) is 5.63. The van der Waals surface area contributed by atoms with Crippen LogP contribution in [0, 0.1) is 6.92 Å². The number of hydrogen-bond acceptors (Lipinski definition) is 7. The van der Waals surface area contributed by atoms with Crippen molar-refractivity contribution in [2.75, 3.05) is 6.61 Å². The number of aliphatic hydroxyl groups excluding tert-OH is 4. The Hall–Kier alpha value is -1.51. The van der Waals surface area contributed by atoms with Crippen LogP contribution in [0.1, 0.15) is 28.4 Å². The minimum atomic E-state index is -1.65. The zero-order valence-corrected chi connectivity index (χ0v) is 13.0. The van der Waals surface area contributed by atoms with Crippen molar-refractivity contribution in [1.29, 1.82) is 0 Å². The van der Waals surface area contributed by atoms with Crippen LogP contribution in [0.3, 0.4) is 0 Å². The first-order valence-electron chi connectivity index (χ1n) is 7.49. The van der Waals surface area contributed by atoms with Crippen LogP contribution < -0.4 is 0 Å². The Kier molecular flexibility index (Phi) is 5.72. The lowest BCUT2D eigenvalue weighted by Gasteiger charge is -2.37. The fraction of sp³-hybridized carbons (Fsp3) is 0.562. The molecule has 0 aromatic heterocycles. The molecule has 1 aromatic carbocycles. The van der Waals surface area contributed by atoms with Crippen LogP contribution >= 0.6 is 0 Å². The van der Waals surface area contributed by atoms with Gasteiger partial charge in [-0.15, -0.1) is 0 Å². The van der Waals surface area contributed by atoms with Gasteiger partial charge in [-0.05, 0) is 36.6 Å². The largest absolute Gasteiger partial charge is 0.459 e. The van der Waals surface area contributed by atoms with Crippen molar-refractivity contribution < 1.29 is 34.7 Å². The van der Waals surface area contributed by atoms with Crippen LogP contribution in [0.4, 0.5) is 0 Å². The maximum absolute atomic E-state index is 12.0. The molecule has 1 aromatic rings. The number of hydrogen-bond donors (Lipinski definition) is 4. The van der Waals surface area contributed by atoms with E-state index in [9.17, 15) is 25.2 Å². The fourth-order valence-electron chi connectivity index (χ4n) is 2.53. The molecule has 0 radical (unpaired) electrons. The second kappa shape index (κ2) is 7.37. The van der Waals surface area contributed by atoms with Crippen LogP contribution in [0.2, 0.25) is 0 Å². The Morgan fingerprint density at radius 2 is 1.87 bits per heavy atom. The Balaban J connectivity index is 1.97. The van der Waals surface area contributed by atoms with E-state index >= 15 is 0 Å². The van der Waals surface area contributed by atoms with Crippen molar-refractivity contribution in [3.8, 4) is 0 Å². The van der Waals surface area contributed by atoms with E-state index in [0.29, 0.717) is 5.56 Å². The molecular weight excluding hydrogens is 304 g/mol. The van der Waals surface area contributed by atoms with Gasteiger partial charge >= 0.3 is 5.97 Å². The summed E-state index contributed by atoms with van der Waals surface area (Å²) < 4.78 is 10.0. The summed E-state index contributed by atoms with van der Waals surface area (Å²) in [5, 5.41) is 38.2. The topological polar surface area (TPSA) is 116 Å². The van der Waals surface area contributed by atoms with Gasteiger partial charge in [-0.3, -0.25) is 0 Å². The number of aliphatic hydroxyl groups is 4. The van der Waals surface area contributed by atoms with Crippen LogP contribution in [-0.2, 0) is 15.9 Å². The van der Waals surface area contributed by atoms with E-state index < -0.39 is 36.7 Å². The van der Waals surface area contributed by atoms with E-state index in [1.165, 1.54) is 0 Å². The maximum Gasteiger partial charge on any atom is 0.338 e. The molecule has 1 fully saturated rings. The molecule has 1 aliphatic heterocycles. The molecule has 0 bridgehead atoms. The summed E-state index contributed by atoms with van der Waals surface area (Å²) in [4.78, 5) is 12.0. The number of benzene rings is 1. The van der Waals surface area contributed by atoms with Gasteiger partial charge in [0.15, 0.2) is 6.29 Å². The molecule has 128 valence electrons. The van der Waals surface area contributed by atoms with Crippen LogP contribution in [-0.4, -0.2) is 63.7 Å². The lowest BCUT2D eigenvalue weighted by atomic mass is 9.99. The molecule has 4 N–H and O–H groups in total. The zero-order chi connectivity index (χ0) is 17.1. The first-order valence-corrected chi connectivity index (χ1v) is 7.49. The van der Waals surface area contributed by atoms with E-state index in [0.717, 1.165) is 17.5 Å². The summed E-state index contributed by atoms with van der Waals surface area (Å²) in [6.45, 7) is 3.57. The average molecular weight is 326 g/mol. The lowest BCUT2D eigenvalue weighted by Crippen LogP contribution is -2.58. The predicted molar refractivity (Wildman–Crippen MR) is 79.7 cm³/mol. The molecular formula is C16H22O7. The number of ether oxygens (including phenoxy) is 2. The van der Waals surface area contributed by atoms with Gasteiger partial charge in [-0.25, -0.2) is 4.79 Å². The van der Waals surface area contributed by atoms with E-state index in [1.807, 2.05) is 19.9 Å². The Labute approximate surface area is 134 Å². The van der Waals surface area contributed by atoms with Crippen LogP contribution in [0.15, 0.2) is 18.2 Å². The number of rotatable bonds is 4. The van der Waals surface area contributed by atoms with Crippen LogP contribution in [0.5, 0.6) is 0 Å². The van der Waals surface area contributed by atoms with E-state index in [-0.39, 0.29) is 6.61 Å². The third kappa shape index (κ3) is 3.88. The number of carbonyl (C=O) groups is 1. The van der Waals surface area contributed by atoms with Crippen molar-refractivity contribution in [2.45, 2.75) is 51.0 Å². The molecule has 7 nitrogen and oxygen atoms in total. The van der Waals surface area contributed by atoms with Gasteiger partial charge in [0.1, 0.15) is 31.0 Å². The summed E-state index contributed by atoms with van der Waals surface area (Å²) in [5.41, 5.74) is 2.48. The van der Waals surface area contributed by atoms with Gasteiger partial charge < -0.3 is 29.9 Å². The molecule has 5 atom stereocenters. The summed E-state index contributed by atoms with van der Waals surface area (Å²) in [6, 6.07) is 5.22. The van der Waals surface area contributed by atoms with Gasteiger partial charge in [-0.2, -0.15) is 0 Å². The molecule has 0 saturated carbocycles. The molecule has 0 spiro atoms. The molecule has 1 heterocycles. The molecule has 1 saturated heterocycles. The summed E-state index contributed by atoms with van der Waals surface area (Å²) in [7, 11) is 0. The Morgan fingerprint density at radius 1 is 1.17 bits per heavy atom. The van der Waals surface area contributed by atoms with Crippen molar-refractivity contribution in [3.05, 3.63) is 34.9 Å². The standard InChI is InChI=1S/C16H22O7/c1-3-9-4-5-10(6-8(9)2)15(20)22-7-11-12(17)13(18)14(19)16(21)23-11/h4-6,11-14,16-19,21H,3,7H2,1-2H3/t11-,12+,13+,14-,16?/m1/s1. The maximum atomic E-state index is 12.0. The highest BCUT2D eigenvalue weighted by atomic mass is 16.6. The zero-order valence-electron chi connectivity index (χ0n) is 13.0. The highest BCUT2D eigenvalue weighted by molar-refractivity contribution is 5.89. The Morgan fingerprint density at radius 3 is 2.48 bits per heavy atom. The molecule has 0 aliphatic carbocycles. The number of carbonyl (C=O) groups excluding carboxylic acids is 1. The smallest absolute Gasteiger partial charge is 0.338 e. The second-order valence-corrected chi connectivity index (χ2v) is 5.63.